The summed E-state index contributed by atoms with van der Waals surface area (Å²) in [5.41, 5.74) is 9.14. The van der Waals surface area contributed by atoms with E-state index in [4.69, 9.17) is 0 Å². The number of hydrogen-bond acceptors (Lipinski definition) is 1. The number of nitrogens with zero attached hydrogens (tertiary/aromatic N) is 1. The van der Waals surface area contributed by atoms with Crippen molar-refractivity contribution in [2.45, 2.75) is 0 Å². The Kier molecular flexibility index (Phi) is 2.67. The number of anilines is 1. The van der Waals surface area contributed by atoms with Gasteiger partial charge in [-0.1, -0.05) is 36.4 Å². The van der Waals surface area contributed by atoms with Crippen molar-refractivity contribution in [3.63, 3.8) is 0 Å². The lowest BCUT2D eigenvalue weighted by Crippen LogP contribution is -2.06. The summed E-state index contributed by atoms with van der Waals surface area (Å²) in [6, 6.07) is 19.7. The van der Waals surface area contributed by atoms with Gasteiger partial charge in [-0.2, -0.15) is 5.43 Å². The molecule has 0 amide bonds. The molecule has 0 saturated heterocycles. The van der Waals surface area contributed by atoms with Crippen molar-refractivity contribution in [1.29, 1.82) is 0 Å². The summed E-state index contributed by atoms with van der Waals surface area (Å²) in [6.07, 6.45) is 0. The zero-order chi connectivity index (χ0) is 9.64. The van der Waals surface area contributed by atoms with Crippen LogP contribution in [0.5, 0.6) is 0 Å². The van der Waals surface area contributed by atoms with E-state index in [1.807, 2.05) is 60.7 Å². The number of benzene rings is 2. The minimum absolute atomic E-state index is 0.927. The Bertz CT molecular complexity index is 331. The van der Waals surface area contributed by atoms with Gasteiger partial charge in [0.15, 0.2) is 0 Å². The standard InChI is InChI=1S/C12H11N2/c1-3-7-11(8-4-1)13-14-12-9-5-2-6-10-12/h1-10,13H. The van der Waals surface area contributed by atoms with E-state index >= 15 is 0 Å². The molecule has 69 valence electrons. The Morgan fingerprint density at radius 3 is 1.93 bits per heavy atom. The van der Waals surface area contributed by atoms with Crippen LogP contribution in [0.25, 0.3) is 0 Å². The maximum atomic E-state index is 4.23. The van der Waals surface area contributed by atoms with Crippen LogP contribution in [-0.4, -0.2) is 0 Å². The summed E-state index contributed by atoms with van der Waals surface area (Å²) < 4.78 is 0. The summed E-state index contributed by atoms with van der Waals surface area (Å²) in [7, 11) is 0. The first kappa shape index (κ1) is 8.63. The van der Waals surface area contributed by atoms with Crippen LogP contribution >= 0.6 is 0 Å². The fourth-order valence-electron chi connectivity index (χ4n) is 1.14. The maximum absolute atomic E-state index is 4.23. The van der Waals surface area contributed by atoms with Gasteiger partial charge in [0.1, 0.15) is 0 Å². The SMILES string of the molecule is c1ccc([N]Nc2ccccc2)cc1. The van der Waals surface area contributed by atoms with Crippen LogP contribution in [0.2, 0.25) is 0 Å². The molecule has 0 bridgehead atoms. The molecule has 0 atom stereocenters. The molecule has 1 radical (unpaired) electrons. The fourth-order valence-corrected chi connectivity index (χ4v) is 1.14. The minimum atomic E-state index is 0.927. The Morgan fingerprint density at radius 1 is 0.714 bits per heavy atom. The number of hydrogen-bond donors (Lipinski definition) is 1. The average molecular weight is 183 g/mol. The summed E-state index contributed by atoms with van der Waals surface area (Å²) in [4.78, 5) is 0. The molecule has 0 unspecified atom stereocenters. The summed E-state index contributed by atoms with van der Waals surface area (Å²) in [5.74, 6) is 0. The molecule has 2 aromatic rings. The van der Waals surface area contributed by atoms with Gasteiger partial charge in [-0.05, 0) is 24.3 Å². The maximum Gasteiger partial charge on any atom is 0.0833 e. The first-order chi connectivity index (χ1) is 6.95. The molecule has 1 N–H and O–H groups in total. The summed E-state index contributed by atoms with van der Waals surface area (Å²) in [6.45, 7) is 0. The Hall–Kier alpha value is -1.96. The Labute approximate surface area is 83.6 Å². The third kappa shape index (κ3) is 2.26. The number of para-hydroxylation sites is 2. The molecule has 0 fully saturated rings. The van der Waals surface area contributed by atoms with Gasteiger partial charge in [-0.15, -0.1) is 0 Å². The second-order valence-electron chi connectivity index (χ2n) is 2.93. The van der Waals surface area contributed by atoms with Gasteiger partial charge >= 0.3 is 0 Å². The molecule has 0 aromatic heterocycles. The van der Waals surface area contributed by atoms with E-state index in [1.54, 1.807) is 0 Å². The molecule has 2 heteroatoms. The van der Waals surface area contributed by atoms with E-state index in [-0.39, 0.29) is 0 Å². The second kappa shape index (κ2) is 4.33. The molecule has 0 heterocycles. The molecular weight excluding hydrogens is 172 g/mol. The van der Waals surface area contributed by atoms with Crippen LogP contribution in [0, 0.1) is 0 Å². The zero-order valence-corrected chi connectivity index (χ0v) is 7.72. The first-order valence-electron chi connectivity index (χ1n) is 4.52. The van der Waals surface area contributed by atoms with Crippen molar-refractivity contribution < 1.29 is 0 Å². The van der Waals surface area contributed by atoms with Gasteiger partial charge in [0.05, 0.1) is 11.4 Å². The molecule has 0 aliphatic carbocycles. The van der Waals surface area contributed by atoms with E-state index in [9.17, 15) is 0 Å². The summed E-state index contributed by atoms with van der Waals surface area (Å²) in [5, 5.41) is 0. The predicted octanol–water partition coefficient (Wildman–Crippen LogP) is 2.95. The summed E-state index contributed by atoms with van der Waals surface area (Å²) >= 11 is 0. The van der Waals surface area contributed by atoms with Crippen LogP contribution in [-0.2, 0) is 0 Å². The van der Waals surface area contributed by atoms with E-state index in [0.29, 0.717) is 0 Å². The lowest BCUT2D eigenvalue weighted by Gasteiger charge is -2.04. The molecule has 0 aliphatic heterocycles. The molecule has 14 heavy (non-hydrogen) atoms. The van der Waals surface area contributed by atoms with Crippen molar-refractivity contribution >= 4 is 11.4 Å². The normalized spacial score (nSPS) is 9.43. The highest BCUT2D eigenvalue weighted by Crippen LogP contribution is 2.08. The molecule has 2 nitrogen and oxygen atoms in total. The predicted molar refractivity (Wildman–Crippen MR) is 58.3 cm³/mol. The second-order valence-corrected chi connectivity index (χ2v) is 2.93. The minimum Gasteiger partial charge on any atom is -0.278 e. The molecule has 2 rings (SSSR count). The van der Waals surface area contributed by atoms with Crippen LogP contribution in [0.4, 0.5) is 11.4 Å². The number of rotatable bonds is 3. The van der Waals surface area contributed by atoms with E-state index in [2.05, 4.69) is 10.9 Å². The van der Waals surface area contributed by atoms with Gasteiger partial charge in [-0.3, -0.25) is 5.43 Å². The van der Waals surface area contributed by atoms with Crippen LogP contribution in [0.1, 0.15) is 0 Å². The highest BCUT2D eigenvalue weighted by atomic mass is 15.4. The van der Waals surface area contributed by atoms with Gasteiger partial charge < -0.3 is 0 Å². The first-order valence-corrected chi connectivity index (χ1v) is 4.52. The van der Waals surface area contributed by atoms with Crippen molar-refractivity contribution in [1.82, 2.24) is 5.43 Å². The smallest absolute Gasteiger partial charge is 0.0833 e. The van der Waals surface area contributed by atoms with E-state index in [0.717, 1.165) is 11.4 Å². The van der Waals surface area contributed by atoms with E-state index < -0.39 is 0 Å². The lowest BCUT2D eigenvalue weighted by atomic mass is 10.3. The molecular formula is C12H11N2. The molecule has 0 spiro atoms. The van der Waals surface area contributed by atoms with Crippen molar-refractivity contribution in [3.05, 3.63) is 60.7 Å². The zero-order valence-electron chi connectivity index (χ0n) is 7.72. The molecule has 0 aliphatic rings. The Morgan fingerprint density at radius 2 is 1.29 bits per heavy atom. The molecule has 0 saturated carbocycles. The molecule has 2 aromatic carbocycles. The number of nitrogens with one attached hydrogen (secondary N) is 1. The van der Waals surface area contributed by atoms with Crippen LogP contribution in [0.3, 0.4) is 0 Å². The van der Waals surface area contributed by atoms with Crippen LogP contribution < -0.4 is 10.9 Å². The van der Waals surface area contributed by atoms with Gasteiger partial charge in [0.25, 0.3) is 0 Å². The topological polar surface area (TPSA) is 26.1 Å². The quantitative estimate of drug-likeness (QED) is 0.727. The average Bonchev–Trinajstić information content (AvgIpc) is 2.29. The third-order valence-electron chi connectivity index (χ3n) is 1.84. The third-order valence-corrected chi connectivity index (χ3v) is 1.84. The van der Waals surface area contributed by atoms with E-state index in [1.165, 1.54) is 0 Å². The fraction of sp³-hybridized carbons (Fsp3) is 0. The highest BCUT2D eigenvalue weighted by Gasteiger charge is 1.91. The van der Waals surface area contributed by atoms with Gasteiger partial charge in [-0.25, -0.2) is 0 Å². The highest BCUT2D eigenvalue weighted by molar-refractivity contribution is 5.45. The van der Waals surface area contributed by atoms with Gasteiger partial charge in [0, 0.05) is 0 Å². The Balaban J connectivity index is 1.96. The lowest BCUT2D eigenvalue weighted by molar-refractivity contribution is 1.05. The van der Waals surface area contributed by atoms with Gasteiger partial charge in [0.2, 0.25) is 0 Å². The monoisotopic (exact) mass is 183 g/mol. The van der Waals surface area contributed by atoms with Crippen molar-refractivity contribution in [3.8, 4) is 0 Å². The van der Waals surface area contributed by atoms with Crippen LogP contribution in [0.15, 0.2) is 60.7 Å². The largest absolute Gasteiger partial charge is 0.278 e. The van der Waals surface area contributed by atoms with Crippen molar-refractivity contribution in [2.75, 3.05) is 5.43 Å². The van der Waals surface area contributed by atoms with Crippen molar-refractivity contribution in [2.24, 2.45) is 0 Å².